The lowest BCUT2D eigenvalue weighted by Gasteiger charge is -2.22. The number of fused-ring (bicyclic) bond motifs is 1. The van der Waals surface area contributed by atoms with Gasteiger partial charge in [0.2, 0.25) is 0 Å². The Morgan fingerprint density at radius 2 is 1.83 bits per heavy atom. The van der Waals surface area contributed by atoms with E-state index in [0.29, 0.717) is 11.9 Å². The minimum absolute atomic E-state index is 0.436. The third-order valence-corrected chi connectivity index (χ3v) is 4.09. The molecule has 1 atom stereocenters. The molecule has 1 unspecified atom stereocenters. The number of hydrogen-bond acceptors (Lipinski definition) is 4. The normalized spacial score (nSPS) is 16.6. The summed E-state index contributed by atoms with van der Waals surface area (Å²) in [6.07, 6.45) is 11.7. The van der Waals surface area contributed by atoms with Gasteiger partial charge in [0.25, 0.3) is 0 Å². The summed E-state index contributed by atoms with van der Waals surface area (Å²) in [5.74, 6) is 0.524. The number of nitrogens with one attached hydrogen (secondary N) is 1. The summed E-state index contributed by atoms with van der Waals surface area (Å²) in [4.78, 5) is 8.74. The largest absolute Gasteiger partial charge is 0.384 e. The highest BCUT2D eigenvalue weighted by molar-refractivity contribution is 5.87. The number of dihydropyridines is 1. The molecule has 0 radical (unpaired) electrons. The Bertz CT molecular complexity index is 746. The molecule has 0 saturated heterocycles. The first-order chi connectivity index (χ1) is 11.7. The maximum Gasteiger partial charge on any atom is 0.123 e. The van der Waals surface area contributed by atoms with Crippen LogP contribution in [-0.4, -0.2) is 16.0 Å². The molecule has 0 aromatic carbocycles. The van der Waals surface area contributed by atoms with Crippen molar-refractivity contribution in [1.82, 2.24) is 15.3 Å². The molecule has 1 aliphatic rings. The molecule has 0 amide bonds. The van der Waals surface area contributed by atoms with Crippen molar-refractivity contribution >= 4 is 22.2 Å². The van der Waals surface area contributed by atoms with E-state index in [9.17, 15) is 0 Å². The van der Waals surface area contributed by atoms with Crippen molar-refractivity contribution in [2.24, 2.45) is 0 Å². The number of hydrogen-bond donors (Lipinski definition) is 2. The van der Waals surface area contributed by atoms with Crippen molar-refractivity contribution in [3.05, 3.63) is 48.1 Å². The first kappa shape index (κ1) is 18.0. The van der Waals surface area contributed by atoms with Crippen LogP contribution in [0.5, 0.6) is 0 Å². The summed E-state index contributed by atoms with van der Waals surface area (Å²) in [6, 6.07) is 4.35. The molecule has 0 saturated carbocycles. The van der Waals surface area contributed by atoms with Gasteiger partial charge in [-0.3, -0.25) is 4.98 Å². The number of nitrogens with zero attached hydrogens (tertiary/aromatic N) is 2. The van der Waals surface area contributed by atoms with Crippen LogP contribution in [0.3, 0.4) is 0 Å². The zero-order chi connectivity index (χ0) is 17.5. The van der Waals surface area contributed by atoms with E-state index in [-0.39, 0.29) is 0 Å². The molecule has 128 valence electrons. The van der Waals surface area contributed by atoms with Crippen LogP contribution in [0, 0.1) is 0 Å². The van der Waals surface area contributed by atoms with Crippen molar-refractivity contribution in [1.29, 1.82) is 0 Å². The molecule has 3 heterocycles. The molecule has 3 rings (SSSR count). The van der Waals surface area contributed by atoms with Gasteiger partial charge in [0.05, 0.1) is 5.69 Å². The molecular weight excluding hydrogens is 296 g/mol. The van der Waals surface area contributed by atoms with Crippen LogP contribution in [0.1, 0.15) is 52.7 Å². The van der Waals surface area contributed by atoms with Gasteiger partial charge in [-0.05, 0) is 31.1 Å². The number of unbranched alkanes of at least 4 members (excludes halogenated alkanes) is 1. The van der Waals surface area contributed by atoms with E-state index >= 15 is 0 Å². The maximum absolute atomic E-state index is 5.71. The van der Waals surface area contributed by atoms with Crippen molar-refractivity contribution < 1.29 is 0 Å². The van der Waals surface area contributed by atoms with Crippen molar-refractivity contribution in [3.8, 4) is 0 Å². The van der Waals surface area contributed by atoms with Crippen LogP contribution in [0.4, 0.5) is 5.82 Å². The number of rotatable bonds is 4. The van der Waals surface area contributed by atoms with Gasteiger partial charge in [-0.25, -0.2) is 4.98 Å². The highest BCUT2D eigenvalue weighted by Gasteiger charge is 2.14. The monoisotopic (exact) mass is 324 g/mol. The van der Waals surface area contributed by atoms with Crippen LogP contribution in [0.25, 0.3) is 16.3 Å². The smallest absolute Gasteiger partial charge is 0.123 e. The molecule has 4 heteroatoms. The number of allylic oxidation sites excluding steroid dienone is 2. The van der Waals surface area contributed by atoms with Crippen LogP contribution in [0.2, 0.25) is 0 Å². The molecular formula is C20H28N4. The van der Waals surface area contributed by atoms with Gasteiger partial charge >= 0.3 is 0 Å². The second-order valence-electron chi connectivity index (χ2n) is 5.85. The van der Waals surface area contributed by atoms with E-state index in [1.165, 1.54) is 24.8 Å². The summed E-state index contributed by atoms with van der Waals surface area (Å²) in [5, 5.41) is 5.55. The van der Waals surface area contributed by atoms with E-state index in [4.69, 9.17) is 5.73 Å². The molecule has 0 bridgehead atoms. The first-order valence-corrected chi connectivity index (χ1v) is 8.84. The van der Waals surface area contributed by atoms with Gasteiger partial charge in [0.15, 0.2) is 0 Å². The average molecular weight is 324 g/mol. The molecule has 4 nitrogen and oxygen atoms in total. The third kappa shape index (κ3) is 4.13. The maximum atomic E-state index is 5.71. The van der Waals surface area contributed by atoms with E-state index in [1.807, 2.05) is 26.1 Å². The minimum atomic E-state index is 0.436. The molecule has 1 aliphatic heterocycles. The molecule has 2 aromatic rings. The highest BCUT2D eigenvalue weighted by atomic mass is 14.9. The second-order valence-corrected chi connectivity index (χ2v) is 5.85. The van der Waals surface area contributed by atoms with Crippen LogP contribution < -0.4 is 11.1 Å². The van der Waals surface area contributed by atoms with Crippen LogP contribution in [0.15, 0.2) is 42.4 Å². The molecule has 0 aliphatic carbocycles. The number of pyridine rings is 2. The lowest BCUT2D eigenvalue weighted by atomic mass is 9.96. The summed E-state index contributed by atoms with van der Waals surface area (Å²) < 4.78 is 0. The predicted molar refractivity (Wildman–Crippen MR) is 103 cm³/mol. The average Bonchev–Trinajstić information content (AvgIpc) is 2.61. The SMILES string of the molecule is CC.CCCCC1C=C(C)C(c2cc3cnc(N)cc3cn2)=CN1. The Morgan fingerprint density at radius 1 is 1.12 bits per heavy atom. The number of nitrogen functional groups attached to an aromatic ring is 1. The van der Waals surface area contributed by atoms with Gasteiger partial charge in [-0.2, -0.15) is 0 Å². The number of nitrogens with two attached hydrogens (primary N) is 1. The molecule has 0 spiro atoms. The second kappa shape index (κ2) is 8.48. The van der Waals surface area contributed by atoms with Crippen molar-refractivity contribution in [2.45, 2.75) is 53.0 Å². The molecule has 24 heavy (non-hydrogen) atoms. The predicted octanol–water partition coefficient (Wildman–Crippen LogP) is 4.69. The topological polar surface area (TPSA) is 63.8 Å². The van der Waals surface area contributed by atoms with Gasteiger partial charge in [-0.15, -0.1) is 0 Å². The standard InChI is InChI=1S/C18H22N4.C2H6/c1-3-4-5-15-6-12(2)16(11-20-15)17-7-13-10-22-18(19)8-14(13)9-21-17;1-2/h6-11,15,20H,3-5H2,1-2H3,(H2,19,22);1-2H3. The van der Waals surface area contributed by atoms with Gasteiger partial charge in [0, 0.05) is 41.0 Å². The molecule has 2 aromatic heterocycles. The lowest BCUT2D eigenvalue weighted by Crippen LogP contribution is -2.25. The minimum Gasteiger partial charge on any atom is -0.384 e. The quantitative estimate of drug-likeness (QED) is 0.856. The molecule has 0 fully saturated rings. The van der Waals surface area contributed by atoms with Gasteiger partial charge in [-0.1, -0.05) is 39.7 Å². The lowest BCUT2D eigenvalue weighted by molar-refractivity contribution is 0.591. The van der Waals surface area contributed by atoms with E-state index < -0.39 is 0 Å². The van der Waals surface area contributed by atoms with Crippen molar-refractivity contribution in [3.63, 3.8) is 0 Å². The Hall–Kier alpha value is -2.36. The fourth-order valence-corrected chi connectivity index (χ4v) is 2.81. The first-order valence-electron chi connectivity index (χ1n) is 8.84. The van der Waals surface area contributed by atoms with E-state index in [0.717, 1.165) is 22.0 Å². The zero-order valence-corrected chi connectivity index (χ0v) is 15.1. The van der Waals surface area contributed by atoms with Gasteiger partial charge in [0.1, 0.15) is 5.82 Å². The van der Waals surface area contributed by atoms with E-state index in [1.54, 1.807) is 6.20 Å². The van der Waals surface area contributed by atoms with Gasteiger partial charge < -0.3 is 11.1 Å². The van der Waals surface area contributed by atoms with Crippen LogP contribution in [-0.2, 0) is 0 Å². The fourth-order valence-electron chi connectivity index (χ4n) is 2.81. The Labute approximate surface area is 144 Å². The Balaban J connectivity index is 0.00000100. The molecule has 3 N–H and O–H groups in total. The van der Waals surface area contributed by atoms with Crippen molar-refractivity contribution in [2.75, 3.05) is 5.73 Å². The van der Waals surface area contributed by atoms with Crippen LogP contribution >= 0.6 is 0 Å². The summed E-state index contributed by atoms with van der Waals surface area (Å²) in [6.45, 7) is 8.37. The van der Waals surface area contributed by atoms with E-state index in [2.05, 4.69) is 47.5 Å². The summed E-state index contributed by atoms with van der Waals surface area (Å²) >= 11 is 0. The highest BCUT2D eigenvalue weighted by Crippen LogP contribution is 2.27. The number of anilines is 1. The summed E-state index contributed by atoms with van der Waals surface area (Å²) in [7, 11) is 0. The Morgan fingerprint density at radius 3 is 2.54 bits per heavy atom. The Kier molecular flexibility index (Phi) is 6.36. The summed E-state index contributed by atoms with van der Waals surface area (Å²) in [5.41, 5.74) is 9.10. The third-order valence-electron chi connectivity index (χ3n) is 4.09. The zero-order valence-electron chi connectivity index (χ0n) is 15.1. The fraction of sp³-hybridized carbons (Fsp3) is 0.400. The number of aromatic nitrogens is 2.